The summed E-state index contributed by atoms with van der Waals surface area (Å²) in [5.74, 6) is 0.799. The van der Waals surface area contributed by atoms with E-state index in [2.05, 4.69) is 0 Å². The molecule has 84 valence electrons. The van der Waals surface area contributed by atoms with Crippen LogP contribution in [0.3, 0.4) is 0 Å². The first kappa shape index (κ1) is 12.0. The quantitative estimate of drug-likeness (QED) is 0.747. The van der Waals surface area contributed by atoms with Crippen molar-refractivity contribution in [2.75, 3.05) is 14.2 Å². The summed E-state index contributed by atoms with van der Waals surface area (Å²) >= 11 is 5.57. The summed E-state index contributed by atoms with van der Waals surface area (Å²) in [5, 5.41) is -1.39. The first-order valence-electron chi connectivity index (χ1n) is 4.24. The van der Waals surface area contributed by atoms with Gasteiger partial charge in [0.15, 0.2) is 0 Å². The second kappa shape index (κ2) is 5.16. The van der Waals surface area contributed by atoms with E-state index in [1.165, 1.54) is 20.3 Å². The van der Waals surface area contributed by atoms with Gasteiger partial charge in [0.05, 0.1) is 14.2 Å². The fraction of sp³-hybridized carbons (Fsp3) is 0.400. The number of hydrogen-bond acceptors (Lipinski definition) is 2. The summed E-state index contributed by atoms with van der Waals surface area (Å²) in [5.41, 5.74) is 0.230. The molecule has 2 nitrogen and oxygen atoms in total. The topological polar surface area (TPSA) is 18.5 Å². The van der Waals surface area contributed by atoms with Crippen LogP contribution < -0.4 is 9.47 Å². The molecule has 0 spiro atoms. The van der Waals surface area contributed by atoms with Gasteiger partial charge in [-0.2, -0.15) is 0 Å². The molecule has 15 heavy (non-hydrogen) atoms. The molecule has 1 atom stereocenters. The van der Waals surface area contributed by atoms with Crippen LogP contribution in [0.5, 0.6) is 11.5 Å². The van der Waals surface area contributed by atoms with E-state index < -0.39 is 11.8 Å². The Hall–Kier alpha value is -1.03. The molecule has 0 aliphatic carbocycles. The van der Waals surface area contributed by atoms with Gasteiger partial charge in [0.1, 0.15) is 16.9 Å². The van der Waals surface area contributed by atoms with Crippen LogP contribution in [0.15, 0.2) is 18.2 Å². The third kappa shape index (κ3) is 2.72. The van der Waals surface area contributed by atoms with Crippen LogP contribution in [0.4, 0.5) is 8.78 Å². The Kier molecular flexibility index (Phi) is 4.15. The minimum atomic E-state index is -2.65. The minimum absolute atomic E-state index is 0.230. The Morgan fingerprint density at radius 3 is 2.33 bits per heavy atom. The lowest BCUT2D eigenvalue weighted by atomic mass is 10.1. The summed E-state index contributed by atoms with van der Waals surface area (Å²) in [6.07, 6.45) is -2.65. The first-order valence-corrected chi connectivity index (χ1v) is 4.68. The normalized spacial score (nSPS) is 12.7. The number of halogens is 3. The van der Waals surface area contributed by atoms with Crippen molar-refractivity contribution in [3.05, 3.63) is 23.8 Å². The zero-order valence-electron chi connectivity index (χ0n) is 8.34. The van der Waals surface area contributed by atoms with Gasteiger partial charge in [-0.1, -0.05) is 0 Å². The highest BCUT2D eigenvalue weighted by atomic mass is 35.5. The van der Waals surface area contributed by atoms with Crippen LogP contribution in [0.25, 0.3) is 0 Å². The molecule has 0 amide bonds. The minimum Gasteiger partial charge on any atom is -0.497 e. The molecule has 0 saturated carbocycles. The SMILES string of the molecule is COc1ccc(OC)c(C(Cl)C(F)F)c1. The largest absolute Gasteiger partial charge is 0.497 e. The molecule has 1 rings (SSSR count). The van der Waals surface area contributed by atoms with Crippen molar-refractivity contribution in [3.63, 3.8) is 0 Å². The molecular formula is C10H11ClF2O2. The standard InChI is InChI=1S/C10H11ClF2O2/c1-14-6-3-4-8(15-2)7(5-6)9(11)10(12)13/h3-5,9-10H,1-2H3. The highest BCUT2D eigenvalue weighted by molar-refractivity contribution is 6.21. The highest BCUT2D eigenvalue weighted by Gasteiger charge is 2.23. The van der Waals surface area contributed by atoms with Crippen molar-refractivity contribution < 1.29 is 18.3 Å². The molecule has 0 fully saturated rings. The Labute approximate surface area is 91.8 Å². The monoisotopic (exact) mass is 236 g/mol. The van der Waals surface area contributed by atoms with Crippen LogP contribution in [-0.2, 0) is 0 Å². The van der Waals surface area contributed by atoms with E-state index in [0.29, 0.717) is 11.5 Å². The molecule has 0 saturated heterocycles. The third-order valence-electron chi connectivity index (χ3n) is 1.96. The van der Waals surface area contributed by atoms with E-state index in [1.807, 2.05) is 0 Å². The number of methoxy groups -OCH3 is 2. The van der Waals surface area contributed by atoms with Crippen molar-refractivity contribution in [2.45, 2.75) is 11.8 Å². The van der Waals surface area contributed by atoms with Crippen LogP contribution in [0.1, 0.15) is 10.9 Å². The maximum Gasteiger partial charge on any atom is 0.258 e. The maximum absolute atomic E-state index is 12.4. The van der Waals surface area contributed by atoms with Gasteiger partial charge in [-0.05, 0) is 18.2 Å². The number of rotatable bonds is 4. The zero-order valence-corrected chi connectivity index (χ0v) is 9.09. The predicted octanol–water partition coefficient (Wildman–Crippen LogP) is 3.25. The molecule has 0 aliphatic heterocycles. The number of hydrogen-bond donors (Lipinski definition) is 0. The third-order valence-corrected chi connectivity index (χ3v) is 2.38. The van der Waals surface area contributed by atoms with Gasteiger partial charge in [0.25, 0.3) is 6.43 Å². The Bertz CT molecular complexity index is 331. The fourth-order valence-corrected chi connectivity index (χ4v) is 1.36. The smallest absolute Gasteiger partial charge is 0.258 e. The highest BCUT2D eigenvalue weighted by Crippen LogP contribution is 2.36. The molecule has 1 aromatic rings. The predicted molar refractivity (Wildman–Crippen MR) is 54.1 cm³/mol. The van der Waals surface area contributed by atoms with Crippen molar-refractivity contribution >= 4 is 11.6 Å². The summed E-state index contributed by atoms with van der Waals surface area (Å²) in [6.45, 7) is 0. The van der Waals surface area contributed by atoms with E-state index in [1.54, 1.807) is 12.1 Å². The van der Waals surface area contributed by atoms with E-state index >= 15 is 0 Å². The second-order valence-corrected chi connectivity index (χ2v) is 3.31. The van der Waals surface area contributed by atoms with Crippen LogP contribution in [0.2, 0.25) is 0 Å². The van der Waals surface area contributed by atoms with Crippen molar-refractivity contribution in [1.29, 1.82) is 0 Å². The van der Waals surface area contributed by atoms with E-state index in [-0.39, 0.29) is 5.56 Å². The molecule has 0 N–H and O–H groups in total. The molecular weight excluding hydrogens is 226 g/mol. The second-order valence-electron chi connectivity index (χ2n) is 2.84. The van der Waals surface area contributed by atoms with Crippen molar-refractivity contribution in [3.8, 4) is 11.5 Å². The molecule has 0 bridgehead atoms. The van der Waals surface area contributed by atoms with E-state index in [9.17, 15) is 8.78 Å². The summed E-state index contributed by atoms with van der Waals surface area (Å²) in [6, 6.07) is 4.62. The fourth-order valence-electron chi connectivity index (χ4n) is 1.19. The molecule has 0 aromatic heterocycles. The zero-order chi connectivity index (χ0) is 11.4. The average Bonchev–Trinajstić information content (AvgIpc) is 2.27. The Morgan fingerprint density at radius 1 is 1.20 bits per heavy atom. The first-order chi connectivity index (χ1) is 7.10. The molecule has 0 heterocycles. The Morgan fingerprint density at radius 2 is 1.87 bits per heavy atom. The number of ether oxygens (including phenoxy) is 2. The van der Waals surface area contributed by atoms with Gasteiger partial charge < -0.3 is 9.47 Å². The summed E-state index contributed by atoms with van der Waals surface area (Å²) in [4.78, 5) is 0. The van der Waals surface area contributed by atoms with Gasteiger partial charge in [-0.3, -0.25) is 0 Å². The Balaban J connectivity index is 3.11. The van der Waals surface area contributed by atoms with Crippen LogP contribution >= 0.6 is 11.6 Å². The van der Waals surface area contributed by atoms with Gasteiger partial charge in [-0.15, -0.1) is 11.6 Å². The average molecular weight is 237 g/mol. The number of benzene rings is 1. The lowest BCUT2D eigenvalue weighted by Crippen LogP contribution is -2.04. The summed E-state index contributed by atoms with van der Waals surface area (Å²) in [7, 11) is 2.86. The molecule has 5 heteroatoms. The molecule has 1 aromatic carbocycles. The maximum atomic E-state index is 12.4. The number of alkyl halides is 3. The van der Waals surface area contributed by atoms with Gasteiger partial charge >= 0.3 is 0 Å². The van der Waals surface area contributed by atoms with Gasteiger partial charge in [0, 0.05) is 5.56 Å². The molecule has 0 aliphatic rings. The van der Waals surface area contributed by atoms with E-state index in [4.69, 9.17) is 21.1 Å². The lowest BCUT2D eigenvalue weighted by molar-refractivity contribution is 0.141. The van der Waals surface area contributed by atoms with Crippen LogP contribution in [0, 0.1) is 0 Å². The molecule has 1 unspecified atom stereocenters. The van der Waals surface area contributed by atoms with Crippen molar-refractivity contribution in [2.24, 2.45) is 0 Å². The van der Waals surface area contributed by atoms with E-state index in [0.717, 1.165) is 0 Å². The van der Waals surface area contributed by atoms with Gasteiger partial charge in [0.2, 0.25) is 0 Å². The van der Waals surface area contributed by atoms with Crippen molar-refractivity contribution in [1.82, 2.24) is 0 Å². The summed E-state index contributed by atoms with van der Waals surface area (Å²) < 4.78 is 34.7. The van der Waals surface area contributed by atoms with Crippen LogP contribution in [-0.4, -0.2) is 20.6 Å². The lowest BCUT2D eigenvalue weighted by Gasteiger charge is -2.14. The van der Waals surface area contributed by atoms with Gasteiger partial charge in [-0.25, -0.2) is 8.78 Å². The molecule has 0 radical (unpaired) electrons.